The minimum absolute atomic E-state index is 0.0603. The Balaban J connectivity index is 2.29. The highest BCUT2D eigenvalue weighted by Gasteiger charge is 2.19. The number of ether oxygens (including phenoxy) is 1. The molecule has 0 fully saturated rings. The molecule has 0 radical (unpaired) electrons. The van der Waals surface area contributed by atoms with Crippen LogP contribution in [-0.4, -0.2) is 23.8 Å². The first-order chi connectivity index (χ1) is 10.9. The van der Waals surface area contributed by atoms with Gasteiger partial charge in [-0.25, -0.2) is 0 Å². The number of rotatable bonds is 4. The predicted octanol–water partition coefficient (Wildman–Crippen LogP) is 2.80. The fraction of sp³-hybridized carbons (Fsp3) is 0.125. The van der Waals surface area contributed by atoms with E-state index in [1.165, 1.54) is 49.2 Å². The molecule has 7 nitrogen and oxygen atoms in total. The zero-order valence-corrected chi connectivity index (χ0v) is 12.6. The molecule has 0 saturated heterocycles. The van der Waals surface area contributed by atoms with Crippen molar-refractivity contribution in [1.82, 2.24) is 0 Å². The Labute approximate surface area is 132 Å². The van der Waals surface area contributed by atoms with Crippen LogP contribution in [0.25, 0.3) is 0 Å². The Morgan fingerprint density at radius 3 is 2.26 bits per heavy atom. The molecule has 0 bridgehead atoms. The number of nitro groups is 1. The summed E-state index contributed by atoms with van der Waals surface area (Å²) in [5.41, 5.74) is 0.650. The van der Waals surface area contributed by atoms with Gasteiger partial charge in [-0.2, -0.15) is 0 Å². The van der Waals surface area contributed by atoms with E-state index in [1.54, 1.807) is 18.2 Å². The molecular weight excluding hydrogens is 300 g/mol. The number of non-ortho nitro benzene ring substituents is 1. The van der Waals surface area contributed by atoms with Crippen LogP contribution in [0.3, 0.4) is 0 Å². The van der Waals surface area contributed by atoms with Crippen LogP contribution in [0.15, 0.2) is 48.5 Å². The second-order valence-electron chi connectivity index (χ2n) is 4.73. The first-order valence-electron chi connectivity index (χ1n) is 6.70. The molecule has 0 atom stereocenters. The molecule has 0 heterocycles. The Hall–Kier alpha value is -3.22. The van der Waals surface area contributed by atoms with E-state index < -0.39 is 16.8 Å². The maximum absolute atomic E-state index is 12.6. The van der Waals surface area contributed by atoms with E-state index in [0.717, 1.165) is 0 Å². The number of nitro benzene ring substituents is 1. The fourth-order valence-corrected chi connectivity index (χ4v) is 1.98. The van der Waals surface area contributed by atoms with Crippen molar-refractivity contribution in [3.8, 4) is 5.75 Å². The van der Waals surface area contributed by atoms with Gasteiger partial charge in [0.2, 0.25) is 0 Å². The number of benzene rings is 2. The predicted molar refractivity (Wildman–Crippen MR) is 83.6 cm³/mol. The van der Waals surface area contributed by atoms with Crippen molar-refractivity contribution in [1.29, 1.82) is 0 Å². The molecule has 0 aliphatic carbocycles. The zero-order chi connectivity index (χ0) is 17.0. The summed E-state index contributed by atoms with van der Waals surface area (Å²) in [7, 11) is 1.54. The lowest BCUT2D eigenvalue weighted by Gasteiger charge is -2.18. The maximum Gasteiger partial charge on any atom is 0.308 e. The van der Waals surface area contributed by atoms with Gasteiger partial charge in [-0.15, -0.1) is 0 Å². The Morgan fingerprint density at radius 2 is 1.70 bits per heavy atom. The van der Waals surface area contributed by atoms with E-state index in [0.29, 0.717) is 5.69 Å². The molecule has 2 aromatic carbocycles. The van der Waals surface area contributed by atoms with Gasteiger partial charge >= 0.3 is 5.97 Å². The van der Waals surface area contributed by atoms with Gasteiger partial charge in [0, 0.05) is 31.8 Å². The normalized spacial score (nSPS) is 10.0. The number of anilines is 1. The Bertz CT molecular complexity index is 755. The lowest BCUT2D eigenvalue weighted by atomic mass is 10.1. The van der Waals surface area contributed by atoms with E-state index in [2.05, 4.69) is 0 Å². The van der Waals surface area contributed by atoms with Crippen LogP contribution in [0.4, 0.5) is 11.4 Å². The summed E-state index contributed by atoms with van der Waals surface area (Å²) < 4.78 is 5.03. The van der Waals surface area contributed by atoms with Gasteiger partial charge < -0.3 is 9.64 Å². The molecule has 2 rings (SSSR count). The Morgan fingerprint density at radius 1 is 1.09 bits per heavy atom. The number of nitrogens with zero attached hydrogens (tertiary/aromatic N) is 2. The average molecular weight is 314 g/mol. The molecule has 7 heteroatoms. The molecule has 2 aromatic rings. The van der Waals surface area contributed by atoms with E-state index in [-0.39, 0.29) is 17.0 Å². The number of carbonyl (C=O) groups is 2. The van der Waals surface area contributed by atoms with Crippen LogP contribution in [0.2, 0.25) is 0 Å². The second-order valence-corrected chi connectivity index (χ2v) is 4.73. The van der Waals surface area contributed by atoms with Gasteiger partial charge in [0.05, 0.1) is 10.5 Å². The van der Waals surface area contributed by atoms with Crippen molar-refractivity contribution in [2.24, 2.45) is 0 Å². The van der Waals surface area contributed by atoms with Crippen LogP contribution >= 0.6 is 0 Å². The summed E-state index contributed by atoms with van der Waals surface area (Å²) in [6, 6.07) is 12.0. The highest BCUT2D eigenvalue weighted by molar-refractivity contribution is 6.07. The van der Waals surface area contributed by atoms with Gasteiger partial charge in [-0.05, 0) is 24.3 Å². The van der Waals surface area contributed by atoms with Crippen LogP contribution < -0.4 is 9.64 Å². The van der Waals surface area contributed by atoms with Crippen molar-refractivity contribution in [2.75, 3.05) is 11.9 Å². The van der Waals surface area contributed by atoms with Gasteiger partial charge in [0.1, 0.15) is 5.75 Å². The number of hydrogen-bond acceptors (Lipinski definition) is 5. The minimum atomic E-state index is -0.525. The van der Waals surface area contributed by atoms with E-state index in [4.69, 9.17) is 4.74 Å². The smallest absolute Gasteiger partial charge is 0.308 e. The monoisotopic (exact) mass is 314 g/mol. The summed E-state index contributed by atoms with van der Waals surface area (Å²) in [6.45, 7) is 1.25. The number of amides is 1. The molecule has 0 aromatic heterocycles. The van der Waals surface area contributed by atoms with Crippen molar-refractivity contribution >= 4 is 23.3 Å². The third kappa shape index (κ3) is 3.70. The summed E-state index contributed by atoms with van der Waals surface area (Å²) >= 11 is 0. The average Bonchev–Trinajstić information content (AvgIpc) is 2.53. The molecular formula is C16H14N2O5. The van der Waals surface area contributed by atoms with E-state index in [1.807, 2.05) is 0 Å². The lowest BCUT2D eigenvalue weighted by molar-refractivity contribution is -0.384. The highest BCUT2D eigenvalue weighted by atomic mass is 16.6. The minimum Gasteiger partial charge on any atom is -0.426 e. The van der Waals surface area contributed by atoms with E-state index >= 15 is 0 Å². The second kappa shape index (κ2) is 6.69. The highest BCUT2D eigenvalue weighted by Crippen LogP contribution is 2.24. The van der Waals surface area contributed by atoms with Gasteiger partial charge in [0.25, 0.3) is 11.6 Å². The SMILES string of the molecule is CC(=O)Oc1ccccc1C(=O)N(C)c1ccc([N+](=O)[O-])cc1. The first kappa shape index (κ1) is 16.2. The van der Waals surface area contributed by atoms with Crippen molar-refractivity contribution in [3.05, 3.63) is 64.2 Å². The van der Waals surface area contributed by atoms with Gasteiger partial charge in [-0.3, -0.25) is 19.7 Å². The summed E-state index contributed by atoms with van der Waals surface area (Å²) in [4.78, 5) is 35.2. The fourth-order valence-electron chi connectivity index (χ4n) is 1.98. The molecule has 118 valence electrons. The number of esters is 1. The molecule has 23 heavy (non-hydrogen) atoms. The van der Waals surface area contributed by atoms with E-state index in [9.17, 15) is 19.7 Å². The Kier molecular flexibility index (Phi) is 4.70. The van der Waals surface area contributed by atoms with Gasteiger partial charge in [0.15, 0.2) is 0 Å². The molecule has 0 saturated carbocycles. The third-order valence-corrected chi connectivity index (χ3v) is 3.12. The summed E-state index contributed by atoms with van der Waals surface area (Å²) in [5.74, 6) is -0.752. The van der Waals surface area contributed by atoms with Crippen molar-refractivity contribution in [3.63, 3.8) is 0 Å². The topological polar surface area (TPSA) is 89.8 Å². The number of para-hydroxylation sites is 1. The van der Waals surface area contributed by atoms with Gasteiger partial charge in [-0.1, -0.05) is 12.1 Å². The number of hydrogen-bond donors (Lipinski definition) is 0. The van der Waals surface area contributed by atoms with Crippen LogP contribution in [-0.2, 0) is 4.79 Å². The quantitative estimate of drug-likeness (QED) is 0.374. The zero-order valence-electron chi connectivity index (χ0n) is 12.6. The summed E-state index contributed by atoms with van der Waals surface area (Å²) in [6.07, 6.45) is 0. The van der Waals surface area contributed by atoms with Crippen molar-refractivity contribution in [2.45, 2.75) is 6.92 Å². The summed E-state index contributed by atoms with van der Waals surface area (Å²) in [5, 5.41) is 10.7. The molecule has 0 unspecified atom stereocenters. The first-order valence-corrected chi connectivity index (χ1v) is 6.70. The standard InChI is InChI=1S/C16H14N2O5/c1-11(19)23-15-6-4-3-5-14(15)16(20)17(2)12-7-9-13(10-8-12)18(21)22/h3-10H,1-2H3. The molecule has 0 spiro atoms. The lowest BCUT2D eigenvalue weighted by Crippen LogP contribution is -2.27. The number of carbonyl (C=O) groups excluding carboxylic acids is 2. The van der Waals surface area contributed by atoms with Crippen LogP contribution in [0.1, 0.15) is 17.3 Å². The molecule has 0 N–H and O–H groups in total. The third-order valence-electron chi connectivity index (χ3n) is 3.12. The largest absolute Gasteiger partial charge is 0.426 e. The van der Waals surface area contributed by atoms with Crippen LogP contribution in [0.5, 0.6) is 5.75 Å². The van der Waals surface area contributed by atoms with Crippen molar-refractivity contribution < 1.29 is 19.2 Å². The molecule has 0 aliphatic rings. The molecule has 0 aliphatic heterocycles. The van der Waals surface area contributed by atoms with Crippen LogP contribution in [0, 0.1) is 10.1 Å². The molecule has 1 amide bonds. The maximum atomic E-state index is 12.6.